The molecule has 12 aromatic rings. The maximum Gasteiger partial charge on any atom is 0.417 e. The Hall–Kier alpha value is -13.0. The lowest BCUT2D eigenvalue weighted by Gasteiger charge is -2.22. The van der Waals surface area contributed by atoms with Crippen molar-refractivity contribution in [3.05, 3.63) is 238 Å². The lowest BCUT2D eigenvalue weighted by Crippen LogP contribution is -2.11. The molecule has 0 aliphatic rings. The van der Waals surface area contributed by atoms with E-state index in [4.69, 9.17) is 0 Å². The van der Waals surface area contributed by atoms with Crippen LogP contribution in [0.2, 0.25) is 0 Å². The van der Waals surface area contributed by atoms with Gasteiger partial charge in [0.05, 0.1) is 144 Å². The predicted octanol–water partition coefficient (Wildman–Crippen LogP) is 16.1. The van der Waals surface area contributed by atoms with E-state index >= 15 is 13.2 Å². The summed E-state index contributed by atoms with van der Waals surface area (Å²) in [4.78, 5) is 0. The Kier molecular flexibility index (Phi) is 12.5. The highest BCUT2D eigenvalue weighted by Crippen LogP contribution is 2.48. The molecular formula is C70H30F3N11. The number of nitrogens with zero attached hydrogens (tertiary/aromatic N) is 11. The van der Waals surface area contributed by atoms with Gasteiger partial charge in [0.15, 0.2) is 0 Å². The van der Waals surface area contributed by atoms with E-state index in [1.54, 1.807) is 114 Å². The van der Waals surface area contributed by atoms with Gasteiger partial charge in [-0.15, -0.1) is 0 Å². The number of alkyl halides is 3. The summed E-state index contributed by atoms with van der Waals surface area (Å²) in [6, 6.07) is 68.3. The minimum Gasteiger partial charge on any atom is -0.309 e. The first-order valence-corrected chi connectivity index (χ1v) is 25.5. The second-order valence-electron chi connectivity index (χ2n) is 19.7. The van der Waals surface area contributed by atoms with Crippen molar-refractivity contribution in [3.63, 3.8) is 0 Å². The van der Waals surface area contributed by atoms with Crippen molar-refractivity contribution in [2.24, 2.45) is 0 Å². The van der Waals surface area contributed by atoms with E-state index in [0.29, 0.717) is 88.1 Å². The zero-order valence-corrected chi connectivity index (χ0v) is 43.4. The molecule has 0 amide bonds. The third-order valence-corrected chi connectivity index (χ3v) is 14.9. The molecule has 0 fully saturated rings. The van der Waals surface area contributed by atoms with E-state index in [0.717, 1.165) is 6.07 Å². The molecule has 0 saturated carbocycles. The standard InChI is InChI=1S/C70H30F3N11/c71-70(72,73)62-2-1-3-68(84-65-12-7-51(55-22-45(36-79)16-46(23-55)37-80)29-59(65)60-30-52(8-13-66(60)84)56-24-47(38-81)17-48(25-56)39-82)69(62)61-26-40(31-74)4-9-67(61)83-63-10-5-49(53-18-41(32-75)14-42(19-53)33-76)27-57(63)58-28-50(6-11-64(58)83)54-20-43(34-77)15-44(21-54)35-78/h1-30H. The summed E-state index contributed by atoms with van der Waals surface area (Å²) in [6.07, 6.45) is -4.98. The van der Waals surface area contributed by atoms with Crippen LogP contribution in [-0.4, -0.2) is 9.13 Å². The van der Waals surface area contributed by atoms with Crippen LogP contribution in [0.3, 0.4) is 0 Å². The number of hydrogen-bond acceptors (Lipinski definition) is 9. The monoisotopic (exact) mass is 1080 g/mol. The number of fused-ring (bicyclic) bond motifs is 6. The normalized spacial score (nSPS) is 10.9. The number of rotatable bonds is 7. The average molecular weight is 1080 g/mol. The van der Waals surface area contributed by atoms with Gasteiger partial charge in [0.25, 0.3) is 0 Å². The Morgan fingerprint density at radius 1 is 0.274 bits per heavy atom. The largest absolute Gasteiger partial charge is 0.417 e. The minimum atomic E-state index is -4.98. The summed E-state index contributed by atoms with van der Waals surface area (Å²) < 4.78 is 52.3. The molecule has 0 saturated heterocycles. The highest BCUT2D eigenvalue weighted by molar-refractivity contribution is 6.14. The quantitative estimate of drug-likeness (QED) is 0.148. The van der Waals surface area contributed by atoms with Gasteiger partial charge in [0.1, 0.15) is 0 Å². The molecule has 0 spiro atoms. The van der Waals surface area contributed by atoms with Crippen LogP contribution in [0, 0.1) is 102 Å². The van der Waals surface area contributed by atoms with Crippen LogP contribution in [0.1, 0.15) is 55.6 Å². The zero-order valence-electron chi connectivity index (χ0n) is 43.4. The van der Waals surface area contributed by atoms with E-state index in [9.17, 15) is 47.4 Å². The van der Waals surface area contributed by atoms with E-state index in [1.807, 2.05) is 28.8 Å². The van der Waals surface area contributed by atoms with Gasteiger partial charge < -0.3 is 9.13 Å². The van der Waals surface area contributed by atoms with Crippen LogP contribution in [0.5, 0.6) is 0 Å². The van der Waals surface area contributed by atoms with Crippen molar-refractivity contribution in [1.29, 1.82) is 47.4 Å². The van der Waals surface area contributed by atoms with Gasteiger partial charge in [0, 0.05) is 32.7 Å². The smallest absolute Gasteiger partial charge is 0.309 e. The molecule has 0 bridgehead atoms. The van der Waals surface area contributed by atoms with Crippen molar-refractivity contribution in [2.75, 3.05) is 0 Å². The van der Waals surface area contributed by atoms with Crippen LogP contribution in [0.4, 0.5) is 13.2 Å². The lowest BCUT2D eigenvalue weighted by atomic mass is 9.93. The van der Waals surface area contributed by atoms with Gasteiger partial charge >= 0.3 is 6.18 Å². The molecule has 0 atom stereocenters. The first kappa shape index (κ1) is 51.7. The van der Waals surface area contributed by atoms with Gasteiger partial charge in [-0.05, 0) is 196 Å². The molecule has 0 aliphatic carbocycles. The molecule has 12 rings (SSSR count). The fourth-order valence-electron chi connectivity index (χ4n) is 11.2. The topological polar surface area (TPSA) is 224 Å². The molecule has 0 unspecified atom stereocenters. The maximum absolute atomic E-state index is 16.2. The summed E-state index contributed by atoms with van der Waals surface area (Å²) in [5.74, 6) is 0. The average Bonchev–Trinajstić information content (AvgIpc) is 2.26. The zero-order chi connectivity index (χ0) is 58.6. The number of hydrogen-bond donors (Lipinski definition) is 0. The van der Waals surface area contributed by atoms with E-state index in [1.165, 1.54) is 42.5 Å². The first-order chi connectivity index (χ1) is 40.8. The lowest BCUT2D eigenvalue weighted by molar-refractivity contribution is -0.137. The van der Waals surface area contributed by atoms with Crippen LogP contribution in [-0.2, 0) is 6.18 Å². The molecule has 14 heteroatoms. The van der Waals surface area contributed by atoms with Crippen molar-refractivity contribution in [1.82, 2.24) is 9.13 Å². The second-order valence-corrected chi connectivity index (χ2v) is 19.7. The molecule has 0 radical (unpaired) electrons. The Morgan fingerprint density at radius 2 is 0.571 bits per heavy atom. The third kappa shape index (κ3) is 8.84. The Bertz CT molecular complexity index is 4930. The minimum absolute atomic E-state index is 0.0302. The number of nitriles is 9. The molecule has 0 N–H and O–H groups in total. The van der Waals surface area contributed by atoms with Crippen molar-refractivity contribution < 1.29 is 13.2 Å². The molecule has 11 nitrogen and oxygen atoms in total. The SMILES string of the molecule is N#Cc1cc(C#N)cc(-c2ccc3c(c2)c2cc(-c4cc(C#N)cc(C#N)c4)ccc2n3-c2ccc(C#N)cc2-c2c(-n3c4ccc(-c5cc(C#N)cc(C#N)c5)cc4c4cc(-c5cc(C#N)cc(C#N)c5)ccc43)cccc2C(F)(F)F)c1. The van der Waals surface area contributed by atoms with Gasteiger partial charge in [-0.2, -0.15) is 60.5 Å². The molecule has 2 heterocycles. The molecule has 386 valence electrons. The number of benzene rings is 10. The van der Waals surface area contributed by atoms with Crippen molar-refractivity contribution >= 4 is 43.6 Å². The van der Waals surface area contributed by atoms with Crippen molar-refractivity contribution in [2.45, 2.75) is 6.18 Å². The third-order valence-electron chi connectivity index (χ3n) is 14.9. The van der Waals surface area contributed by atoms with Crippen molar-refractivity contribution in [3.8, 4) is 122 Å². The second kappa shape index (κ2) is 20.3. The maximum atomic E-state index is 16.2. The molecule has 10 aromatic carbocycles. The Morgan fingerprint density at radius 3 is 0.857 bits per heavy atom. The molecule has 84 heavy (non-hydrogen) atoms. The number of aromatic nitrogens is 2. The van der Waals surface area contributed by atoms with Crippen LogP contribution < -0.4 is 0 Å². The first-order valence-electron chi connectivity index (χ1n) is 25.5. The summed E-state index contributed by atoms with van der Waals surface area (Å²) in [5.41, 5.74) is 7.72. The van der Waals surface area contributed by atoms with Gasteiger partial charge in [-0.1, -0.05) is 30.3 Å². The van der Waals surface area contributed by atoms with Gasteiger partial charge in [-0.3, -0.25) is 0 Å². The summed E-state index contributed by atoms with van der Waals surface area (Å²) in [6.45, 7) is 0. The van der Waals surface area contributed by atoms with E-state index in [2.05, 4.69) is 54.6 Å². The summed E-state index contributed by atoms with van der Waals surface area (Å²) in [5, 5.41) is 92.5. The molecular weight excluding hydrogens is 1050 g/mol. The van der Waals surface area contributed by atoms with E-state index < -0.39 is 11.7 Å². The Labute approximate surface area is 476 Å². The Balaban J connectivity index is 1.17. The van der Waals surface area contributed by atoms with Gasteiger partial charge in [0.2, 0.25) is 0 Å². The molecule has 0 aliphatic heterocycles. The predicted molar refractivity (Wildman–Crippen MR) is 310 cm³/mol. The summed E-state index contributed by atoms with van der Waals surface area (Å²) >= 11 is 0. The fourth-order valence-corrected chi connectivity index (χ4v) is 11.2. The van der Waals surface area contributed by atoms with Crippen LogP contribution in [0.15, 0.2) is 182 Å². The van der Waals surface area contributed by atoms with Crippen LogP contribution in [0.25, 0.3) is 111 Å². The number of halogens is 3. The highest BCUT2D eigenvalue weighted by atomic mass is 19.4. The van der Waals surface area contributed by atoms with E-state index in [-0.39, 0.29) is 72.6 Å². The van der Waals surface area contributed by atoms with Gasteiger partial charge in [-0.25, -0.2) is 0 Å². The summed E-state index contributed by atoms with van der Waals surface area (Å²) in [7, 11) is 0. The molecule has 2 aromatic heterocycles. The highest BCUT2D eigenvalue weighted by Gasteiger charge is 2.37. The van der Waals surface area contributed by atoms with Crippen LogP contribution >= 0.6 is 0 Å². The fraction of sp³-hybridized carbons (Fsp3) is 0.0143.